The third kappa shape index (κ3) is 2.16. The number of hydrogen-bond donors (Lipinski definition) is 1. The topological polar surface area (TPSA) is 48.7 Å². The van der Waals surface area contributed by atoms with Crippen LogP contribution in [0.25, 0.3) is 11.1 Å². The normalized spacial score (nSPS) is 9.89. The Balaban J connectivity index is 2.58. The van der Waals surface area contributed by atoms with Gasteiger partial charge in [0.25, 0.3) is 0 Å². The molecule has 4 heteroatoms. The van der Waals surface area contributed by atoms with Gasteiger partial charge < -0.3 is 5.32 Å². The standard InChI is InChI=1S/C14H12FN3/c1-9-13(10-3-5-12(15)6-4-10)7-11(8-16)14(17-2)18-9/h3-7H,1-2H3,(H,17,18). The molecule has 0 saturated heterocycles. The Kier molecular flexibility index (Phi) is 3.24. The molecule has 0 radical (unpaired) electrons. The zero-order valence-corrected chi connectivity index (χ0v) is 10.2. The van der Waals surface area contributed by atoms with Crippen LogP contribution in [0.5, 0.6) is 0 Å². The van der Waals surface area contributed by atoms with Crippen molar-refractivity contribution in [2.45, 2.75) is 6.92 Å². The molecule has 1 aromatic carbocycles. The molecular formula is C14H12FN3. The maximum atomic E-state index is 12.9. The summed E-state index contributed by atoms with van der Waals surface area (Å²) in [5, 5.41) is 11.9. The Labute approximate surface area is 105 Å². The van der Waals surface area contributed by atoms with Crippen LogP contribution in [0.15, 0.2) is 30.3 Å². The molecule has 0 saturated carbocycles. The Morgan fingerprint density at radius 1 is 1.28 bits per heavy atom. The van der Waals surface area contributed by atoms with Gasteiger partial charge in [0, 0.05) is 18.3 Å². The predicted octanol–water partition coefficient (Wildman–Crippen LogP) is 3.11. The van der Waals surface area contributed by atoms with Crippen molar-refractivity contribution in [3.05, 3.63) is 47.4 Å². The number of nitrogens with one attached hydrogen (secondary N) is 1. The number of hydrogen-bond acceptors (Lipinski definition) is 3. The van der Waals surface area contributed by atoms with E-state index in [0.717, 1.165) is 16.8 Å². The zero-order valence-electron chi connectivity index (χ0n) is 10.2. The van der Waals surface area contributed by atoms with Gasteiger partial charge in [0.05, 0.1) is 5.56 Å². The second-order valence-electron chi connectivity index (χ2n) is 3.89. The number of benzene rings is 1. The van der Waals surface area contributed by atoms with E-state index in [1.54, 1.807) is 25.2 Å². The van der Waals surface area contributed by atoms with Crippen molar-refractivity contribution >= 4 is 5.82 Å². The molecule has 0 spiro atoms. The van der Waals surface area contributed by atoms with E-state index in [2.05, 4.69) is 16.4 Å². The van der Waals surface area contributed by atoms with Crippen LogP contribution in [-0.4, -0.2) is 12.0 Å². The van der Waals surface area contributed by atoms with Gasteiger partial charge in [-0.3, -0.25) is 0 Å². The highest BCUT2D eigenvalue weighted by molar-refractivity contribution is 5.70. The van der Waals surface area contributed by atoms with E-state index in [1.807, 2.05) is 6.92 Å². The van der Waals surface area contributed by atoms with Crippen molar-refractivity contribution in [1.29, 1.82) is 5.26 Å². The molecule has 18 heavy (non-hydrogen) atoms. The summed E-state index contributed by atoms with van der Waals surface area (Å²) in [6.07, 6.45) is 0. The van der Waals surface area contributed by atoms with E-state index < -0.39 is 0 Å². The highest BCUT2D eigenvalue weighted by Gasteiger charge is 2.09. The number of aromatic nitrogens is 1. The molecule has 0 aliphatic rings. The minimum absolute atomic E-state index is 0.281. The lowest BCUT2D eigenvalue weighted by Gasteiger charge is -2.09. The van der Waals surface area contributed by atoms with Crippen LogP contribution in [0.4, 0.5) is 10.2 Å². The summed E-state index contributed by atoms with van der Waals surface area (Å²) in [6, 6.07) is 10.0. The summed E-state index contributed by atoms with van der Waals surface area (Å²) in [6.45, 7) is 1.86. The van der Waals surface area contributed by atoms with Crippen molar-refractivity contribution in [2.24, 2.45) is 0 Å². The summed E-state index contributed by atoms with van der Waals surface area (Å²) in [7, 11) is 1.72. The average molecular weight is 241 g/mol. The van der Waals surface area contributed by atoms with Crippen LogP contribution >= 0.6 is 0 Å². The van der Waals surface area contributed by atoms with Crippen molar-refractivity contribution in [3.63, 3.8) is 0 Å². The third-order valence-electron chi connectivity index (χ3n) is 2.73. The first-order valence-corrected chi connectivity index (χ1v) is 5.51. The van der Waals surface area contributed by atoms with Gasteiger partial charge in [-0.1, -0.05) is 12.1 Å². The largest absolute Gasteiger partial charge is 0.372 e. The van der Waals surface area contributed by atoms with Crippen molar-refractivity contribution in [1.82, 2.24) is 4.98 Å². The SMILES string of the molecule is CNc1nc(C)c(-c2ccc(F)cc2)cc1C#N. The lowest BCUT2D eigenvalue weighted by molar-refractivity contribution is 0.628. The van der Waals surface area contributed by atoms with Gasteiger partial charge in [-0.25, -0.2) is 9.37 Å². The van der Waals surface area contributed by atoms with E-state index in [-0.39, 0.29) is 5.82 Å². The van der Waals surface area contributed by atoms with Crippen LogP contribution in [0, 0.1) is 24.1 Å². The summed E-state index contributed by atoms with van der Waals surface area (Å²) < 4.78 is 12.9. The first-order chi connectivity index (χ1) is 8.65. The van der Waals surface area contributed by atoms with Gasteiger partial charge in [-0.2, -0.15) is 5.26 Å². The Morgan fingerprint density at radius 2 is 1.94 bits per heavy atom. The Morgan fingerprint density at radius 3 is 2.50 bits per heavy atom. The van der Waals surface area contributed by atoms with Gasteiger partial charge >= 0.3 is 0 Å². The molecule has 0 unspecified atom stereocenters. The lowest BCUT2D eigenvalue weighted by atomic mass is 10.0. The molecule has 0 aliphatic carbocycles. The quantitative estimate of drug-likeness (QED) is 0.878. The van der Waals surface area contributed by atoms with Crippen LogP contribution in [-0.2, 0) is 0 Å². The second kappa shape index (κ2) is 4.84. The van der Waals surface area contributed by atoms with E-state index in [4.69, 9.17) is 5.26 Å². The van der Waals surface area contributed by atoms with Gasteiger partial charge in [-0.15, -0.1) is 0 Å². The van der Waals surface area contributed by atoms with Gasteiger partial charge in [0.2, 0.25) is 0 Å². The summed E-state index contributed by atoms with van der Waals surface area (Å²) in [5.41, 5.74) is 2.96. The maximum absolute atomic E-state index is 12.9. The second-order valence-corrected chi connectivity index (χ2v) is 3.89. The fourth-order valence-electron chi connectivity index (χ4n) is 1.80. The molecule has 2 rings (SSSR count). The first kappa shape index (κ1) is 12.1. The van der Waals surface area contributed by atoms with Crippen LogP contribution in [0.2, 0.25) is 0 Å². The molecule has 1 aromatic heterocycles. The molecule has 3 nitrogen and oxygen atoms in total. The Hall–Kier alpha value is -2.41. The number of nitriles is 1. The summed E-state index contributed by atoms with van der Waals surface area (Å²) in [5.74, 6) is 0.276. The van der Waals surface area contributed by atoms with Gasteiger partial charge in [-0.05, 0) is 30.7 Å². The average Bonchev–Trinajstić information content (AvgIpc) is 2.39. The van der Waals surface area contributed by atoms with Crippen LogP contribution < -0.4 is 5.32 Å². The molecule has 0 fully saturated rings. The molecule has 0 amide bonds. The van der Waals surface area contributed by atoms with Crippen LogP contribution in [0.3, 0.4) is 0 Å². The highest BCUT2D eigenvalue weighted by atomic mass is 19.1. The number of nitrogens with zero attached hydrogens (tertiary/aromatic N) is 2. The molecule has 2 aromatic rings. The number of rotatable bonds is 2. The smallest absolute Gasteiger partial charge is 0.143 e. The number of pyridine rings is 1. The minimum atomic E-state index is -0.281. The fraction of sp³-hybridized carbons (Fsp3) is 0.143. The van der Waals surface area contributed by atoms with E-state index >= 15 is 0 Å². The van der Waals surface area contributed by atoms with E-state index in [0.29, 0.717) is 11.4 Å². The number of aryl methyl sites for hydroxylation is 1. The number of anilines is 1. The first-order valence-electron chi connectivity index (χ1n) is 5.51. The lowest BCUT2D eigenvalue weighted by Crippen LogP contribution is -1.99. The third-order valence-corrected chi connectivity index (χ3v) is 2.73. The maximum Gasteiger partial charge on any atom is 0.143 e. The van der Waals surface area contributed by atoms with Gasteiger partial charge in [0.15, 0.2) is 0 Å². The molecule has 90 valence electrons. The highest BCUT2D eigenvalue weighted by Crippen LogP contribution is 2.26. The molecule has 1 heterocycles. The fourth-order valence-corrected chi connectivity index (χ4v) is 1.80. The van der Waals surface area contributed by atoms with Crippen molar-refractivity contribution in [2.75, 3.05) is 12.4 Å². The minimum Gasteiger partial charge on any atom is -0.372 e. The predicted molar refractivity (Wildman–Crippen MR) is 68.6 cm³/mol. The Bertz CT molecular complexity index is 612. The molecular weight excluding hydrogens is 229 g/mol. The van der Waals surface area contributed by atoms with Gasteiger partial charge in [0.1, 0.15) is 17.7 Å². The molecule has 1 N–H and O–H groups in total. The summed E-state index contributed by atoms with van der Waals surface area (Å²) in [4.78, 5) is 4.33. The molecule has 0 atom stereocenters. The number of halogens is 1. The molecule has 0 bridgehead atoms. The zero-order chi connectivity index (χ0) is 13.1. The van der Waals surface area contributed by atoms with Crippen molar-refractivity contribution < 1.29 is 4.39 Å². The van der Waals surface area contributed by atoms with E-state index in [1.165, 1.54) is 12.1 Å². The summed E-state index contributed by atoms with van der Waals surface area (Å²) >= 11 is 0. The van der Waals surface area contributed by atoms with E-state index in [9.17, 15) is 4.39 Å². The monoisotopic (exact) mass is 241 g/mol. The molecule has 0 aliphatic heterocycles. The van der Waals surface area contributed by atoms with Crippen molar-refractivity contribution in [3.8, 4) is 17.2 Å². The van der Waals surface area contributed by atoms with Crippen LogP contribution in [0.1, 0.15) is 11.3 Å².